The van der Waals surface area contributed by atoms with Crippen molar-refractivity contribution in [3.8, 4) is 5.75 Å². The van der Waals surface area contributed by atoms with Crippen LogP contribution in [0.25, 0.3) is 6.08 Å². The Morgan fingerprint density at radius 1 is 1.29 bits per heavy atom. The summed E-state index contributed by atoms with van der Waals surface area (Å²) in [6.45, 7) is 1.07. The van der Waals surface area contributed by atoms with Gasteiger partial charge in [0.25, 0.3) is 0 Å². The molecule has 3 rings (SSSR count). The lowest BCUT2D eigenvalue weighted by Crippen LogP contribution is -2.37. The molecule has 1 aliphatic carbocycles. The van der Waals surface area contributed by atoms with E-state index in [1.165, 1.54) is 42.7 Å². The van der Waals surface area contributed by atoms with Crippen LogP contribution in [0, 0.1) is 0 Å². The first kappa shape index (κ1) is 11.1. The number of ether oxygens (including phenoxy) is 1. The number of thiophene rings is 1. The number of fused-ring (bicyclic) bond motifs is 1. The summed E-state index contributed by atoms with van der Waals surface area (Å²) < 4.78 is 5.42. The third kappa shape index (κ3) is 1.97. The highest BCUT2D eigenvalue weighted by Gasteiger charge is 2.26. The average Bonchev–Trinajstić information content (AvgIpc) is 2.82. The van der Waals surface area contributed by atoms with Gasteiger partial charge in [0.05, 0.1) is 12.7 Å². The quantitative estimate of drug-likeness (QED) is 0.787. The smallest absolute Gasteiger partial charge is 0.138 e. The van der Waals surface area contributed by atoms with Gasteiger partial charge in [-0.1, -0.05) is 31.4 Å². The third-order valence-corrected chi connectivity index (χ3v) is 4.87. The van der Waals surface area contributed by atoms with Gasteiger partial charge in [-0.25, -0.2) is 0 Å². The van der Waals surface area contributed by atoms with Gasteiger partial charge in [-0.2, -0.15) is 0 Å². The molecule has 0 saturated heterocycles. The Kier molecular flexibility index (Phi) is 3.10. The number of hydrogen-bond acceptors (Lipinski definition) is 3. The number of anilines is 1. The van der Waals surface area contributed by atoms with Crippen LogP contribution in [0.4, 0.5) is 5.00 Å². The molecular weight excluding hydrogens is 230 g/mol. The summed E-state index contributed by atoms with van der Waals surface area (Å²) in [6.07, 6.45) is 11.4. The Hall–Kier alpha value is -0.960. The highest BCUT2D eigenvalue weighted by Crippen LogP contribution is 2.42. The van der Waals surface area contributed by atoms with Crippen LogP contribution in [-0.2, 0) is 0 Å². The fourth-order valence-corrected chi connectivity index (χ4v) is 4.05. The zero-order chi connectivity index (χ0) is 11.7. The minimum atomic E-state index is 0.746. The SMILES string of the molecule is COc1csc2c1C=CCN2C1CCCCC1. The van der Waals surface area contributed by atoms with Crippen molar-refractivity contribution >= 4 is 22.4 Å². The maximum Gasteiger partial charge on any atom is 0.138 e. The van der Waals surface area contributed by atoms with Gasteiger partial charge in [0.15, 0.2) is 0 Å². The topological polar surface area (TPSA) is 12.5 Å². The molecule has 0 amide bonds. The summed E-state index contributed by atoms with van der Waals surface area (Å²) in [6, 6.07) is 0.746. The average molecular weight is 249 g/mol. The molecule has 17 heavy (non-hydrogen) atoms. The van der Waals surface area contributed by atoms with E-state index in [9.17, 15) is 0 Å². The molecule has 1 aromatic heterocycles. The number of rotatable bonds is 2. The van der Waals surface area contributed by atoms with Crippen LogP contribution in [0.15, 0.2) is 11.5 Å². The van der Waals surface area contributed by atoms with Crippen molar-refractivity contribution in [2.75, 3.05) is 18.6 Å². The van der Waals surface area contributed by atoms with E-state index in [0.717, 1.165) is 18.3 Å². The molecule has 2 aliphatic rings. The summed E-state index contributed by atoms with van der Waals surface area (Å²) in [5.74, 6) is 1.03. The van der Waals surface area contributed by atoms with Gasteiger partial charge in [0.1, 0.15) is 10.8 Å². The van der Waals surface area contributed by atoms with E-state index in [-0.39, 0.29) is 0 Å². The molecule has 1 fully saturated rings. The van der Waals surface area contributed by atoms with E-state index < -0.39 is 0 Å². The van der Waals surface area contributed by atoms with Gasteiger partial charge in [-0.05, 0) is 12.8 Å². The molecule has 0 radical (unpaired) electrons. The van der Waals surface area contributed by atoms with E-state index in [1.807, 2.05) is 11.3 Å². The molecule has 3 heteroatoms. The Labute approximate surface area is 107 Å². The Balaban J connectivity index is 1.88. The van der Waals surface area contributed by atoms with Gasteiger partial charge < -0.3 is 9.64 Å². The van der Waals surface area contributed by atoms with E-state index >= 15 is 0 Å². The first-order valence-corrected chi connectivity index (χ1v) is 7.37. The second-order valence-corrected chi connectivity index (χ2v) is 5.73. The first-order valence-electron chi connectivity index (χ1n) is 6.49. The fourth-order valence-electron chi connectivity index (χ4n) is 2.95. The van der Waals surface area contributed by atoms with Crippen molar-refractivity contribution in [3.05, 3.63) is 17.0 Å². The molecule has 1 saturated carbocycles. The van der Waals surface area contributed by atoms with Crippen LogP contribution in [-0.4, -0.2) is 19.7 Å². The molecule has 92 valence electrons. The molecule has 0 unspecified atom stereocenters. The van der Waals surface area contributed by atoms with Crippen LogP contribution < -0.4 is 9.64 Å². The summed E-state index contributed by atoms with van der Waals surface area (Å²) in [5, 5.41) is 3.55. The zero-order valence-corrected chi connectivity index (χ0v) is 11.1. The minimum absolute atomic E-state index is 0.746. The second kappa shape index (κ2) is 4.73. The summed E-state index contributed by atoms with van der Waals surface area (Å²) in [7, 11) is 1.76. The summed E-state index contributed by atoms with van der Waals surface area (Å²) >= 11 is 1.83. The number of hydrogen-bond donors (Lipinski definition) is 0. The number of methoxy groups -OCH3 is 1. The van der Waals surface area contributed by atoms with Crippen molar-refractivity contribution in [1.29, 1.82) is 0 Å². The lowest BCUT2D eigenvalue weighted by atomic mass is 9.93. The maximum atomic E-state index is 5.42. The molecular formula is C14H19NOS. The second-order valence-electron chi connectivity index (χ2n) is 4.87. The van der Waals surface area contributed by atoms with Crippen molar-refractivity contribution in [3.63, 3.8) is 0 Å². The minimum Gasteiger partial charge on any atom is -0.495 e. The molecule has 2 nitrogen and oxygen atoms in total. The lowest BCUT2D eigenvalue weighted by Gasteiger charge is -2.36. The van der Waals surface area contributed by atoms with Crippen molar-refractivity contribution in [2.45, 2.75) is 38.1 Å². The maximum absolute atomic E-state index is 5.42. The van der Waals surface area contributed by atoms with E-state index in [4.69, 9.17) is 4.74 Å². The van der Waals surface area contributed by atoms with Crippen LogP contribution in [0.1, 0.15) is 37.7 Å². The van der Waals surface area contributed by atoms with E-state index in [1.54, 1.807) is 7.11 Å². The molecule has 1 aromatic rings. The Bertz CT molecular complexity index is 418. The zero-order valence-electron chi connectivity index (χ0n) is 10.3. The van der Waals surface area contributed by atoms with E-state index in [2.05, 4.69) is 22.4 Å². The Morgan fingerprint density at radius 3 is 2.88 bits per heavy atom. The largest absolute Gasteiger partial charge is 0.495 e. The normalized spacial score (nSPS) is 20.4. The Morgan fingerprint density at radius 2 is 2.12 bits per heavy atom. The predicted octanol–water partition coefficient (Wildman–Crippen LogP) is 3.92. The molecule has 0 bridgehead atoms. The van der Waals surface area contributed by atoms with Gasteiger partial charge >= 0.3 is 0 Å². The predicted molar refractivity (Wildman–Crippen MR) is 74.1 cm³/mol. The van der Waals surface area contributed by atoms with Crippen LogP contribution in [0.5, 0.6) is 5.75 Å². The highest BCUT2D eigenvalue weighted by atomic mass is 32.1. The molecule has 0 atom stereocenters. The van der Waals surface area contributed by atoms with Gasteiger partial charge in [0, 0.05) is 18.0 Å². The standard InChI is InChI=1S/C14H19NOS/c1-16-13-10-17-14-12(13)8-5-9-15(14)11-6-3-2-4-7-11/h5,8,10-11H,2-4,6-7,9H2,1H3. The molecule has 0 aromatic carbocycles. The van der Waals surface area contributed by atoms with Crippen molar-refractivity contribution in [1.82, 2.24) is 0 Å². The summed E-state index contributed by atoms with van der Waals surface area (Å²) in [4.78, 5) is 2.58. The first-order chi connectivity index (χ1) is 8.40. The molecule has 0 N–H and O–H groups in total. The third-order valence-electron chi connectivity index (χ3n) is 3.86. The lowest BCUT2D eigenvalue weighted by molar-refractivity contribution is 0.412. The molecule has 0 spiro atoms. The van der Waals surface area contributed by atoms with E-state index in [0.29, 0.717) is 0 Å². The summed E-state index contributed by atoms with van der Waals surface area (Å²) in [5.41, 5.74) is 1.29. The molecule has 1 aliphatic heterocycles. The van der Waals surface area contributed by atoms with Gasteiger partial charge in [-0.3, -0.25) is 0 Å². The van der Waals surface area contributed by atoms with Gasteiger partial charge in [0.2, 0.25) is 0 Å². The van der Waals surface area contributed by atoms with Crippen molar-refractivity contribution in [2.24, 2.45) is 0 Å². The van der Waals surface area contributed by atoms with Crippen LogP contribution in [0.3, 0.4) is 0 Å². The van der Waals surface area contributed by atoms with Crippen molar-refractivity contribution < 1.29 is 4.74 Å². The monoisotopic (exact) mass is 249 g/mol. The van der Waals surface area contributed by atoms with Gasteiger partial charge in [-0.15, -0.1) is 11.3 Å². The van der Waals surface area contributed by atoms with Crippen LogP contribution >= 0.6 is 11.3 Å². The number of nitrogens with zero attached hydrogens (tertiary/aromatic N) is 1. The fraction of sp³-hybridized carbons (Fsp3) is 0.571. The van der Waals surface area contributed by atoms with Crippen LogP contribution in [0.2, 0.25) is 0 Å². The molecule has 2 heterocycles. The highest BCUT2D eigenvalue weighted by molar-refractivity contribution is 7.14.